The van der Waals surface area contributed by atoms with Gasteiger partial charge in [0.25, 0.3) is 5.91 Å². The molecule has 0 atom stereocenters. The van der Waals surface area contributed by atoms with Crippen LogP contribution in [0.1, 0.15) is 0 Å². The zero-order chi connectivity index (χ0) is 8.55. The first-order valence-corrected chi connectivity index (χ1v) is 4.34. The Bertz CT molecular complexity index is 359. The van der Waals surface area contributed by atoms with Crippen molar-refractivity contribution in [2.24, 2.45) is 0 Å². The molecule has 12 heavy (non-hydrogen) atoms. The van der Waals surface area contributed by atoms with E-state index in [1.165, 1.54) is 0 Å². The highest BCUT2D eigenvalue weighted by atomic mass is 79.9. The molecule has 1 aliphatic rings. The summed E-state index contributed by atoms with van der Waals surface area (Å²) in [4.78, 5) is 12.6. The summed E-state index contributed by atoms with van der Waals surface area (Å²) in [5.74, 6) is 0.0295. The van der Waals surface area contributed by atoms with Gasteiger partial charge in [0.05, 0.1) is 5.69 Å². The molecule has 0 fully saturated rings. The molecule has 0 unspecified atom stereocenters. The number of amides is 1. The maximum atomic E-state index is 11.0. The first kappa shape index (κ1) is 7.55. The summed E-state index contributed by atoms with van der Waals surface area (Å²) in [6.07, 6.45) is 3.29. The maximum absolute atomic E-state index is 11.0. The molecule has 0 bridgehead atoms. The number of benzene rings is 1. The van der Waals surface area contributed by atoms with Gasteiger partial charge in [-0.3, -0.25) is 9.69 Å². The van der Waals surface area contributed by atoms with Crippen LogP contribution in [0.4, 0.5) is 5.69 Å². The number of hydrogen-bond acceptors (Lipinski definition) is 1. The van der Waals surface area contributed by atoms with Gasteiger partial charge in [0.2, 0.25) is 0 Å². The van der Waals surface area contributed by atoms with E-state index < -0.39 is 0 Å². The van der Waals surface area contributed by atoms with Crippen molar-refractivity contribution in [3.05, 3.63) is 41.0 Å². The van der Waals surface area contributed by atoms with Crippen LogP contribution >= 0.6 is 15.9 Å². The van der Waals surface area contributed by atoms with E-state index in [-0.39, 0.29) is 5.91 Å². The average Bonchev–Trinajstić information content (AvgIpc) is 2.06. The largest absolute Gasteiger partial charge is 0.283 e. The summed E-state index contributed by atoms with van der Waals surface area (Å²) in [6.45, 7) is 0. The number of anilines is 1. The van der Waals surface area contributed by atoms with E-state index in [2.05, 4.69) is 15.9 Å². The fraction of sp³-hybridized carbons (Fsp3) is 0. The monoisotopic (exact) mass is 223 g/mol. The summed E-state index contributed by atoms with van der Waals surface area (Å²) in [7, 11) is 0. The lowest BCUT2D eigenvalue weighted by Crippen LogP contribution is -2.30. The van der Waals surface area contributed by atoms with Gasteiger partial charge < -0.3 is 0 Å². The minimum Gasteiger partial charge on any atom is -0.283 e. The minimum absolute atomic E-state index is 0.0295. The van der Waals surface area contributed by atoms with Crippen LogP contribution in [-0.4, -0.2) is 5.91 Å². The first-order chi connectivity index (χ1) is 5.79. The SMILES string of the molecule is O=C1C=CN1c1ccccc1Br. The molecule has 0 aliphatic carbocycles. The van der Waals surface area contributed by atoms with Crippen LogP contribution in [-0.2, 0) is 4.79 Å². The predicted octanol–water partition coefficient (Wildman–Crippen LogP) is 2.31. The summed E-state index contributed by atoms with van der Waals surface area (Å²) in [5, 5.41) is 0. The lowest BCUT2D eigenvalue weighted by Gasteiger charge is -2.23. The molecule has 60 valence electrons. The van der Waals surface area contributed by atoms with E-state index in [0.717, 1.165) is 10.2 Å². The fourth-order valence-electron chi connectivity index (χ4n) is 1.06. The van der Waals surface area contributed by atoms with Crippen LogP contribution < -0.4 is 4.90 Å². The van der Waals surface area contributed by atoms with Gasteiger partial charge in [0.15, 0.2) is 0 Å². The van der Waals surface area contributed by atoms with Crippen molar-refractivity contribution in [3.8, 4) is 0 Å². The molecule has 0 N–H and O–H groups in total. The van der Waals surface area contributed by atoms with Crippen LogP contribution in [0.25, 0.3) is 0 Å². The van der Waals surface area contributed by atoms with E-state index >= 15 is 0 Å². The topological polar surface area (TPSA) is 20.3 Å². The lowest BCUT2D eigenvalue weighted by atomic mass is 10.2. The van der Waals surface area contributed by atoms with Gasteiger partial charge in [0.1, 0.15) is 0 Å². The van der Waals surface area contributed by atoms with Gasteiger partial charge in [-0.2, -0.15) is 0 Å². The lowest BCUT2D eigenvalue weighted by molar-refractivity contribution is -0.114. The average molecular weight is 224 g/mol. The van der Waals surface area contributed by atoms with E-state index in [1.807, 2.05) is 24.3 Å². The number of hydrogen-bond donors (Lipinski definition) is 0. The van der Waals surface area contributed by atoms with Gasteiger partial charge in [-0.1, -0.05) is 12.1 Å². The Kier molecular flexibility index (Phi) is 1.73. The molecule has 1 aromatic carbocycles. The van der Waals surface area contributed by atoms with Crippen molar-refractivity contribution in [1.29, 1.82) is 0 Å². The van der Waals surface area contributed by atoms with E-state index in [4.69, 9.17) is 0 Å². The zero-order valence-electron chi connectivity index (χ0n) is 6.20. The third kappa shape index (κ3) is 1.06. The third-order valence-corrected chi connectivity index (χ3v) is 2.39. The Balaban J connectivity index is 2.41. The summed E-state index contributed by atoms with van der Waals surface area (Å²) >= 11 is 3.37. The fourth-order valence-corrected chi connectivity index (χ4v) is 1.53. The second-order valence-corrected chi connectivity index (χ2v) is 3.33. The molecule has 0 aromatic heterocycles. The zero-order valence-corrected chi connectivity index (χ0v) is 7.78. The number of rotatable bonds is 1. The van der Waals surface area contributed by atoms with Crippen molar-refractivity contribution in [2.45, 2.75) is 0 Å². The second-order valence-electron chi connectivity index (χ2n) is 2.48. The first-order valence-electron chi connectivity index (χ1n) is 3.55. The quantitative estimate of drug-likeness (QED) is 0.716. The van der Waals surface area contributed by atoms with E-state index in [1.54, 1.807) is 17.2 Å². The Morgan fingerprint density at radius 2 is 2.00 bits per heavy atom. The van der Waals surface area contributed by atoms with Crippen molar-refractivity contribution in [2.75, 3.05) is 4.90 Å². The molecule has 1 amide bonds. The molecule has 1 heterocycles. The Labute approximate surface area is 78.6 Å². The van der Waals surface area contributed by atoms with Crippen LogP contribution in [0, 0.1) is 0 Å². The number of nitrogens with zero attached hydrogens (tertiary/aromatic N) is 1. The number of para-hydroxylation sites is 1. The molecule has 1 aromatic rings. The molecule has 0 spiro atoms. The molecule has 2 nitrogen and oxygen atoms in total. The van der Waals surface area contributed by atoms with Crippen LogP contribution in [0.2, 0.25) is 0 Å². The smallest absolute Gasteiger partial charge is 0.256 e. The molecule has 3 heteroatoms. The van der Waals surface area contributed by atoms with Crippen LogP contribution in [0.3, 0.4) is 0 Å². The van der Waals surface area contributed by atoms with Crippen molar-refractivity contribution >= 4 is 27.5 Å². The van der Waals surface area contributed by atoms with Crippen molar-refractivity contribution in [1.82, 2.24) is 0 Å². The normalized spacial score (nSPS) is 14.8. The highest BCUT2D eigenvalue weighted by molar-refractivity contribution is 9.10. The maximum Gasteiger partial charge on any atom is 0.256 e. The second kappa shape index (κ2) is 2.75. The molecule has 2 rings (SSSR count). The molecule has 0 saturated carbocycles. The number of carbonyl (C=O) groups is 1. The molecular formula is C9H6BrNO. The van der Waals surface area contributed by atoms with Crippen molar-refractivity contribution in [3.63, 3.8) is 0 Å². The van der Waals surface area contributed by atoms with Crippen LogP contribution in [0.15, 0.2) is 41.0 Å². The highest BCUT2D eigenvalue weighted by Crippen LogP contribution is 2.28. The third-order valence-electron chi connectivity index (χ3n) is 1.72. The molecular weight excluding hydrogens is 218 g/mol. The summed E-state index contributed by atoms with van der Waals surface area (Å²) < 4.78 is 0.933. The van der Waals surface area contributed by atoms with Crippen LogP contribution in [0.5, 0.6) is 0 Å². The Morgan fingerprint density at radius 3 is 2.50 bits per heavy atom. The molecule has 1 aliphatic heterocycles. The van der Waals surface area contributed by atoms with Gasteiger partial charge >= 0.3 is 0 Å². The predicted molar refractivity (Wildman–Crippen MR) is 50.8 cm³/mol. The van der Waals surface area contributed by atoms with Crippen molar-refractivity contribution < 1.29 is 4.79 Å². The Hall–Kier alpha value is -1.09. The molecule has 0 saturated heterocycles. The standard InChI is InChI=1S/C9H6BrNO/c10-7-3-1-2-4-8(7)11-6-5-9(11)12/h1-6H. The highest BCUT2D eigenvalue weighted by Gasteiger charge is 2.19. The van der Waals surface area contributed by atoms with E-state index in [9.17, 15) is 4.79 Å². The van der Waals surface area contributed by atoms with E-state index in [0.29, 0.717) is 0 Å². The van der Waals surface area contributed by atoms with Gasteiger partial charge in [0, 0.05) is 16.7 Å². The number of carbonyl (C=O) groups excluding carboxylic acids is 1. The molecule has 0 radical (unpaired) electrons. The van der Waals surface area contributed by atoms with Gasteiger partial charge in [-0.15, -0.1) is 0 Å². The minimum atomic E-state index is 0.0295. The number of halogens is 1. The Morgan fingerprint density at radius 1 is 1.25 bits per heavy atom. The summed E-state index contributed by atoms with van der Waals surface area (Å²) in [6, 6.07) is 7.63. The van der Waals surface area contributed by atoms with Gasteiger partial charge in [-0.05, 0) is 28.1 Å². The van der Waals surface area contributed by atoms with Gasteiger partial charge in [-0.25, -0.2) is 0 Å². The summed E-state index contributed by atoms with van der Waals surface area (Å²) in [5.41, 5.74) is 0.894.